The van der Waals surface area contributed by atoms with Crippen LogP contribution in [0.5, 0.6) is 0 Å². The van der Waals surface area contributed by atoms with Gasteiger partial charge in [-0.05, 0) is 18.4 Å². The molecule has 1 fully saturated rings. The first-order valence-electron chi connectivity index (χ1n) is 10.6. The van der Waals surface area contributed by atoms with Crippen molar-refractivity contribution < 1.29 is 14.7 Å². The standard InChI is InChI=1S/C14H12O2.C13H16O/c15-13(11-7-3-1-4-8-11)14(16)12-9-5-2-6-10-12;14-13(11-7-3-1-4-8-11)12-9-5-2-6-10-12/h1-10,13,15H;1,3-4,7-8,12H,2,5-6,9-10H2. The summed E-state index contributed by atoms with van der Waals surface area (Å²) in [6.07, 6.45) is 4.86. The zero-order chi connectivity index (χ0) is 21.2. The second-order valence-electron chi connectivity index (χ2n) is 7.61. The Morgan fingerprint density at radius 1 is 0.667 bits per heavy atom. The molecule has 1 saturated carbocycles. The number of aliphatic hydroxyl groups excluding tert-OH is 1. The maximum absolute atomic E-state index is 12.0. The summed E-state index contributed by atoms with van der Waals surface area (Å²) in [4.78, 5) is 23.9. The minimum Gasteiger partial charge on any atom is -0.380 e. The number of carbonyl (C=O) groups is 2. The van der Waals surface area contributed by atoms with Crippen molar-refractivity contribution in [2.24, 2.45) is 5.92 Å². The summed E-state index contributed by atoms with van der Waals surface area (Å²) in [7, 11) is 0. The number of hydrogen-bond donors (Lipinski definition) is 1. The van der Waals surface area contributed by atoms with Crippen molar-refractivity contribution in [1.29, 1.82) is 0 Å². The largest absolute Gasteiger partial charge is 0.380 e. The summed E-state index contributed by atoms with van der Waals surface area (Å²) in [5.41, 5.74) is 2.04. The summed E-state index contributed by atoms with van der Waals surface area (Å²) >= 11 is 0. The number of carbonyl (C=O) groups excluding carboxylic acids is 2. The van der Waals surface area contributed by atoms with E-state index < -0.39 is 6.10 Å². The second kappa shape index (κ2) is 11.2. The molecule has 0 aromatic heterocycles. The predicted molar refractivity (Wildman–Crippen MR) is 120 cm³/mol. The number of rotatable bonds is 5. The average molecular weight is 401 g/mol. The van der Waals surface area contributed by atoms with Crippen molar-refractivity contribution in [3.05, 3.63) is 108 Å². The molecule has 0 bridgehead atoms. The molecule has 1 atom stereocenters. The van der Waals surface area contributed by atoms with Gasteiger partial charge in [0.15, 0.2) is 11.6 Å². The van der Waals surface area contributed by atoms with Crippen molar-refractivity contribution in [2.75, 3.05) is 0 Å². The summed E-state index contributed by atoms with van der Waals surface area (Å²) in [6, 6.07) is 27.4. The highest BCUT2D eigenvalue weighted by molar-refractivity contribution is 5.99. The third kappa shape index (κ3) is 5.98. The minimum absolute atomic E-state index is 0.271. The van der Waals surface area contributed by atoms with Gasteiger partial charge in [0.1, 0.15) is 6.10 Å². The van der Waals surface area contributed by atoms with Gasteiger partial charge < -0.3 is 5.11 Å². The van der Waals surface area contributed by atoms with Crippen molar-refractivity contribution in [3.8, 4) is 0 Å². The lowest BCUT2D eigenvalue weighted by atomic mass is 9.84. The Hall–Kier alpha value is -3.04. The highest BCUT2D eigenvalue weighted by atomic mass is 16.3. The fraction of sp³-hybridized carbons (Fsp3) is 0.259. The van der Waals surface area contributed by atoms with Crippen molar-refractivity contribution in [2.45, 2.75) is 38.2 Å². The molecule has 3 heteroatoms. The Kier molecular flexibility index (Phi) is 8.10. The SMILES string of the molecule is O=C(c1ccccc1)C(O)c1ccccc1.O=C(c1ccccc1)C1CCCCC1. The smallest absolute Gasteiger partial charge is 0.195 e. The third-order valence-corrected chi connectivity index (χ3v) is 5.46. The fourth-order valence-corrected chi connectivity index (χ4v) is 3.75. The highest BCUT2D eigenvalue weighted by Gasteiger charge is 2.21. The van der Waals surface area contributed by atoms with Crippen LogP contribution in [0.1, 0.15) is 64.5 Å². The molecule has 3 nitrogen and oxygen atoms in total. The lowest BCUT2D eigenvalue weighted by Crippen LogP contribution is -2.17. The molecule has 30 heavy (non-hydrogen) atoms. The lowest BCUT2D eigenvalue weighted by Gasteiger charge is -2.20. The van der Waals surface area contributed by atoms with Gasteiger partial charge in [-0.25, -0.2) is 0 Å². The van der Waals surface area contributed by atoms with E-state index in [9.17, 15) is 14.7 Å². The quantitative estimate of drug-likeness (QED) is 0.530. The van der Waals surface area contributed by atoms with Crippen LogP contribution in [0.4, 0.5) is 0 Å². The molecule has 0 amide bonds. The van der Waals surface area contributed by atoms with Crippen molar-refractivity contribution >= 4 is 11.6 Å². The number of aliphatic hydroxyl groups is 1. The van der Waals surface area contributed by atoms with Crippen LogP contribution >= 0.6 is 0 Å². The number of benzene rings is 3. The van der Waals surface area contributed by atoms with Crippen molar-refractivity contribution in [1.82, 2.24) is 0 Å². The molecule has 4 rings (SSSR count). The van der Waals surface area contributed by atoms with Crippen LogP contribution in [-0.4, -0.2) is 16.7 Å². The Bertz CT molecular complexity index is 914. The Balaban J connectivity index is 0.000000172. The molecule has 0 heterocycles. The van der Waals surface area contributed by atoms with Gasteiger partial charge in [0, 0.05) is 17.0 Å². The number of hydrogen-bond acceptors (Lipinski definition) is 3. The average Bonchev–Trinajstić information content (AvgIpc) is 2.85. The monoisotopic (exact) mass is 400 g/mol. The lowest BCUT2D eigenvalue weighted by molar-refractivity contribution is 0.0747. The summed E-state index contributed by atoms with van der Waals surface area (Å²) < 4.78 is 0. The van der Waals surface area contributed by atoms with E-state index in [4.69, 9.17) is 0 Å². The molecule has 0 radical (unpaired) electrons. The summed E-state index contributed by atoms with van der Waals surface area (Å²) in [5, 5.41) is 9.89. The molecular formula is C27H28O3. The number of Topliss-reactive ketones (excluding diaryl/α,β-unsaturated/α-hetero) is 2. The van der Waals surface area contributed by atoms with Crippen molar-refractivity contribution in [3.63, 3.8) is 0 Å². The molecule has 0 spiro atoms. The van der Waals surface area contributed by atoms with Gasteiger partial charge in [-0.15, -0.1) is 0 Å². The molecule has 0 aliphatic heterocycles. The van der Waals surface area contributed by atoms with Crippen LogP contribution in [-0.2, 0) is 0 Å². The Morgan fingerprint density at radius 3 is 1.67 bits per heavy atom. The molecule has 1 unspecified atom stereocenters. The maximum Gasteiger partial charge on any atom is 0.195 e. The van der Waals surface area contributed by atoms with Crippen LogP contribution in [0, 0.1) is 5.92 Å². The number of ketones is 2. The van der Waals surface area contributed by atoms with Crippen LogP contribution in [0.2, 0.25) is 0 Å². The first kappa shape index (κ1) is 21.7. The minimum atomic E-state index is -1.08. The Labute approximate surface area is 178 Å². The molecular weight excluding hydrogens is 372 g/mol. The maximum atomic E-state index is 12.0. The van der Waals surface area contributed by atoms with Crippen LogP contribution in [0.25, 0.3) is 0 Å². The normalized spacial score (nSPS) is 14.8. The fourth-order valence-electron chi connectivity index (χ4n) is 3.75. The summed E-state index contributed by atoms with van der Waals surface area (Å²) in [6.45, 7) is 0. The van der Waals surface area contributed by atoms with Crippen LogP contribution < -0.4 is 0 Å². The van der Waals surface area contributed by atoms with Gasteiger partial charge >= 0.3 is 0 Å². The van der Waals surface area contributed by atoms with Crippen LogP contribution in [0.3, 0.4) is 0 Å². The molecule has 1 N–H and O–H groups in total. The molecule has 1 aliphatic carbocycles. The van der Waals surface area contributed by atoms with E-state index in [2.05, 4.69) is 0 Å². The van der Waals surface area contributed by atoms with E-state index >= 15 is 0 Å². The van der Waals surface area contributed by atoms with Gasteiger partial charge in [0.25, 0.3) is 0 Å². The molecule has 3 aromatic rings. The van der Waals surface area contributed by atoms with E-state index in [1.54, 1.807) is 48.5 Å². The van der Waals surface area contributed by atoms with Gasteiger partial charge in [-0.2, -0.15) is 0 Å². The van der Waals surface area contributed by atoms with Gasteiger partial charge in [-0.1, -0.05) is 110 Å². The molecule has 3 aromatic carbocycles. The Morgan fingerprint density at radius 2 is 1.13 bits per heavy atom. The van der Waals surface area contributed by atoms with E-state index in [-0.39, 0.29) is 5.78 Å². The predicted octanol–water partition coefficient (Wildman–Crippen LogP) is 6.05. The van der Waals surface area contributed by atoms with Gasteiger partial charge in [0.05, 0.1) is 0 Å². The van der Waals surface area contributed by atoms with Gasteiger partial charge in [-0.3, -0.25) is 9.59 Å². The topological polar surface area (TPSA) is 54.4 Å². The highest BCUT2D eigenvalue weighted by Crippen LogP contribution is 2.26. The van der Waals surface area contributed by atoms with E-state index in [1.165, 1.54) is 19.3 Å². The van der Waals surface area contributed by atoms with E-state index in [1.807, 2.05) is 42.5 Å². The third-order valence-electron chi connectivity index (χ3n) is 5.46. The molecule has 1 aliphatic rings. The van der Waals surface area contributed by atoms with E-state index in [0.29, 0.717) is 22.8 Å². The summed E-state index contributed by atoms with van der Waals surface area (Å²) in [5.74, 6) is 0.378. The molecule has 154 valence electrons. The van der Waals surface area contributed by atoms with E-state index in [0.717, 1.165) is 18.4 Å². The zero-order valence-corrected chi connectivity index (χ0v) is 17.1. The zero-order valence-electron chi connectivity index (χ0n) is 17.1. The van der Waals surface area contributed by atoms with Crippen LogP contribution in [0.15, 0.2) is 91.0 Å². The molecule has 0 saturated heterocycles. The first-order valence-corrected chi connectivity index (χ1v) is 10.6. The first-order chi connectivity index (χ1) is 14.7. The van der Waals surface area contributed by atoms with Gasteiger partial charge in [0.2, 0.25) is 0 Å². The second-order valence-corrected chi connectivity index (χ2v) is 7.61.